The van der Waals surface area contributed by atoms with Crippen molar-refractivity contribution in [2.75, 3.05) is 6.61 Å². The van der Waals surface area contributed by atoms with Gasteiger partial charge < -0.3 is 9.84 Å². The molecule has 4 rings (SSSR count). The summed E-state index contributed by atoms with van der Waals surface area (Å²) in [5, 5.41) is 11.7. The molecule has 2 saturated carbocycles. The van der Waals surface area contributed by atoms with Gasteiger partial charge in [-0.05, 0) is 50.5 Å². The minimum atomic E-state index is -0.777. The number of carbonyl (C=O) groups excluding carboxylic acids is 1. The number of hydrogen-bond acceptors (Lipinski definition) is 5. The van der Waals surface area contributed by atoms with Crippen LogP contribution in [0.25, 0.3) is 0 Å². The molecule has 4 nitrogen and oxygen atoms in total. The summed E-state index contributed by atoms with van der Waals surface area (Å²) in [6.45, 7) is 7.05. The highest BCUT2D eigenvalue weighted by Gasteiger charge is 2.60. The summed E-state index contributed by atoms with van der Waals surface area (Å²) in [4.78, 5) is 13.5. The fraction of sp³-hybridized carbons (Fsp3) is 0.842. The van der Waals surface area contributed by atoms with E-state index in [9.17, 15) is 9.90 Å². The standard InChI is InChI=1S/C19H27IO4S/c1-10-6-7-19(22)8-12-11(4-5-14-13(12)9-23-14)16(21)17(24-25-20)15(10)18(19,2)3/h11-14,17,22H,4-9H2,1-3H3. The van der Waals surface area contributed by atoms with E-state index in [0.29, 0.717) is 18.4 Å². The molecular formula is C19H27IO4S. The number of fused-ring (bicyclic) bond motifs is 5. The smallest absolute Gasteiger partial charge is 0.170 e. The van der Waals surface area contributed by atoms with Gasteiger partial charge in [-0.15, -0.1) is 0 Å². The molecule has 6 atom stereocenters. The Morgan fingerprint density at radius 1 is 1.32 bits per heavy atom. The zero-order chi connectivity index (χ0) is 18.0. The van der Waals surface area contributed by atoms with E-state index in [1.54, 1.807) is 0 Å². The first-order chi connectivity index (χ1) is 11.8. The number of rotatable bonds is 2. The summed E-state index contributed by atoms with van der Waals surface area (Å²) < 4.78 is 11.7. The maximum Gasteiger partial charge on any atom is 0.170 e. The Kier molecular flexibility index (Phi) is 4.84. The van der Waals surface area contributed by atoms with Crippen LogP contribution < -0.4 is 0 Å². The molecule has 1 heterocycles. The molecule has 1 aliphatic heterocycles. The van der Waals surface area contributed by atoms with Crippen LogP contribution in [0, 0.1) is 23.2 Å². The predicted octanol–water partition coefficient (Wildman–Crippen LogP) is 4.25. The Hall–Kier alpha value is 0.370. The molecule has 1 saturated heterocycles. The van der Waals surface area contributed by atoms with Crippen molar-refractivity contribution in [3.8, 4) is 0 Å². The van der Waals surface area contributed by atoms with Crippen molar-refractivity contribution in [1.29, 1.82) is 0 Å². The molecule has 140 valence electrons. The number of hydrogen-bond donors (Lipinski definition) is 1. The van der Waals surface area contributed by atoms with Crippen LogP contribution in [-0.2, 0) is 13.7 Å². The number of allylic oxidation sites excluding steroid dienone is 1. The number of aliphatic hydroxyl groups is 1. The fourth-order valence-corrected chi connectivity index (χ4v) is 6.82. The van der Waals surface area contributed by atoms with Crippen molar-refractivity contribution in [3.63, 3.8) is 0 Å². The number of ketones is 1. The van der Waals surface area contributed by atoms with Crippen molar-refractivity contribution < 1.29 is 18.8 Å². The lowest BCUT2D eigenvalue weighted by Crippen LogP contribution is -2.61. The van der Waals surface area contributed by atoms with Gasteiger partial charge in [0.05, 0.1) is 27.5 Å². The van der Waals surface area contributed by atoms with Crippen molar-refractivity contribution in [2.24, 2.45) is 23.2 Å². The molecular weight excluding hydrogens is 451 g/mol. The van der Waals surface area contributed by atoms with Gasteiger partial charge in [-0.25, -0.2) is 0 Å². The maximum absolute atomic E-state index is 13.5. The number of halogens is 1. The molecule has 0 spiro atoms. The summed E-state index contributed by atoms with van der Waals surface area (Å²) in [5.41, 5.74) is 1.02. The largest absolute Gasteiger partial charge is 0.389 e. The highest BCUT2D eigenvalue weighted by atomic mass is 127. The Labute approximate surface area is 166 Å². The average Bonchev–Trinajstić information content (AvgIpc) is 2.51. The normalized spacial score (nSPS) is 45.8. The van der Waals surface area contributed by atoms with E-state index in [1.807, 2.05) is 0 Å². The number of carbonyl (C=O) groups is 1. The third kappa shape index (κ3) is 2.69. The van der Waals surface area contributed by atoms with Crippen molar-refractivity contribution in [2.45, 2.75) is 70.7 Å². The molecule has 6 unspecified atom stereocenters. The van der Waals surface area contributed by atoms with Crippen LogP contribution in [-0.4, -0.2) is 35.3 Å². The van der Waals surface area contributed by atoms with Crippen LogP contribution in [0.5, 0.6) is 0 Å². The summed E-state index contributed by atoms with van der Waals surface area (Å²) in [5.74, 6) is 0.853. The highest BCUT2D eigenvalue weighted by Crippen LogP contribution is 2.58. The summed E-state index contributed by atoms with van der Waals surface area (Å²) in [6, 6.07) is 0. The van der Waals surface area contributed by atoms with Gasteiger partial charge in [0.1, 0.15) is 0 Å². The maximum atomic E-state index is 13.5. The predicted molar refractivity (Wildman–Crippen MR) is 106 cm³/mol. The van der Waals surface area contributed by atoms with E-state index in [4.69, 9.17) is 8.92 Å². The molecule has 1 N–H and O–H groups in total. The monoisotopic (exact) mass is 478 g/mol. The van der Waals surface area contributed by atoms with Crippen LogP contribution in [0.1, 0.15) is 52.9 Å². The van der Waals surface area contributed by atoms with Crippen molar-refractivity contribution in [1.82, 2.24) is 0 Å². The van der Waals surface area contributed by atoms with E-state index < -0.39 is 17.1 Å². The van der Waals surface area contributed by atoms with E-state index in [2.05, 4.69) is 42.0 Å². The average molecular weight is 478 g/mol. The third-order valence-corrected chi connectivity index (χ3v) is 8.50. The van der Waals surface area contributed by atoms with Crippen molar-refractivity contribution >= 4 is 36.2 Å². The molecule has 25 heavy (non-hydrogen) atoms. The molecule has 0 radical (unpaired) electrons. The molecule has 0 aromatic heterocycles. The second-order valence-electron chi connectivity index (χ2n) is 8.88. The van der Waals surface area contributed by atoms with Gasteiger partial charge in [0.25, 0.3) is 0 Å². The highest BCUT2D eigenvalue weighted by molar-refractivity contribution is 14.2. The molecule has 0 amide bonds. The zero-order valence-electron chi connectivity index (χ0n) is 15.1. The summed E-state index contributed by atoms with van der Waals surface area (Å²) in [6.07, 6.45) is 3.90. The van der Waals surface area contributed by atoms with Gasteiger partial charge in [-0.1, -0.05) is 19.4 Å². The second kappa shape index (κ2) is 6.47. The van der Waals surface area contributed by atoms with Crippen LogP contribution in [0.3, 0.4) is 0 Å². The van der Waals surface area contributed by atoms with Crippen LogP contribution in [0.15, 0.2) is 11.1 Å². The van der Waals surface area contributed by atoms with Gasteiger partial charge in [-0.2, -0.15) is 0 Å². The third-order valence-electron chi connectivity index (χ3n) is 7.61. The molecule has 3 fully saturated rings. The Morgan fingerprint density at radius 2 is 2.08 bits per heavy atom. The SMILES string of the molecule is CC1=C2C(OSI)C(=O)C3CCC4OCC4C3CC(O)(CC1)C2(C)C. The van der Waals surface area contributed by atoms with Gasteiger partial charge in [0.15, 0.2) is 11.9 Å². The minimum Gasteiger partial charge on any atom is -0.389 e. The zero-order valence-corrected chi connectivity index (χ0v) is 18.1. The Bertz CT molecular complexity index is 619. The second-order valence-corrected chi connectivity index (χ2v) is 10.3. The van der Waals surface area contributed by atoms with Crippen molar-refractivity contribution in [3.05, 3.63) is 11.1 Å². The number of Topliss-reactive ketones (excluding diaryl/α,β-unsaturated/α-hetero) is 1. The molecule has 6 heteroatoms. The van der Waals surface area contributed by atoms with Crippen LogP contribution in [0.2, 0.25) is 0 Å². The van der Waals surface area contributed by atoms with Crippen LogP contribution >= 0.6 is 30.4 Å². The van der Waals surface area contributed by atoms with E-state index in [1.165, 1.54) is 14.8 Å². The van der Waals surface area contributed by atoms with Gasteiger partial charge in [0, 0.05) is 38.5 Å². The lowest BCUT2D eigenvalue weighted by atomic mass is 9.52. The lowest BCUT2D eigenvalue weighted by Gasteiger charge is -2.57. The number of ether oxygens (including phenoxy) is 1. The first kappa shape index (κ1) is 18.7. The van der Waals surface area contributed by atoms with E-state index in [0.717, 1.165) is 37.9 Å². The first-order valence-electron chi connectivity index (χ1n) is 9.32. The first-order valence-corrected chi connectivity index (χ1v) is 12.6. The fourth-order valence-electron chi connectivity index (χ4n) is 5.94. The Balaban J connectivity index is 1.83. The van der Waals surface area contributed by atoms with Gasteiger partial charge >= 0.3 is 0 Å². The van der Waals surface area contributed by atoms with E-state index in [-0.39, 0.29) is 17.6 Å². The van der Waals surface area contributed by atoms with Gasteiger partial charge in [0.2, 0.25) is 0 Å². The molecule has 3 aliphatic carbocycles. The molecule has 0 aromatic rings. The minimum absolute atomic E-state index is 0.0118. The molecule has 2 bridgehead atoms. The Morgan fingerprint density at radius 3 is 2.72 bits per heavy atom. The van der Waals surface area contributed by atoms with E-state index >= 15 is 0 Å². The quantitative estimate of drug-likeness (QED) is 0.366. The molecule has 4 aliphatic rings. The van der Waals surface area contributed by atoms with Gasteiger partial charge in [-0.3, -0.25) is 8.98 Å². The summed E-state index contributed by atoms with van der Waals surface area (Å²) in [7, 11) is 1.24. The lowest BCUT2D eigenvalue weighted by molar-refractivity contribution is -0.198. The molecule has 0 aromatic carbocycles. The topological polar surface area (TPSA) is 55.8 Å². The van der Waals surface area contributed by atoms with Crippen LogP contribution in [0.4, 0.5) is 0 Å². The summed E-state index contributed by atoms with van der Waals surface area (Å²) >= 11 is 2.10.